The maximum Gasteiger partial charge on any atom is 0.410 e. The van der Waals surface area contributed by atoms with Crippen LogP contribution in [0, 0.1) is 11.8 Å². The molecule has 0 spiro atoms. The van der Waals surface area contributed by atoms with Gasteiger partial charge in [-0.2, -0.15) is 0 Å². The summed E-state index contributed by atoms with van der Waals surface area (Å²) in [7, 11) is 0. The van der Waals surface area contributed by atoms with E-state index in [1.54, 1.807) is 4.90 Å². The molecule has 0 radical (unpaired) electrons. The second-order valence-corrected chi connectivity index (χ2v) is 8.03. The Balaban J connectivity index is 1.59. The van der Waals surface area contributed by atoms with Gasteiger partial charge in [-0.1, -0.05) is 0 Å². The van der Waals surface area contributed by atoms with Crippen LogP contribution in [0.1, 0.15) is 52.9 Å². The van der Waals surface area contributed by atoms with E-state index in [-0.39, 0.29) is 18.6 Å². The van der Waals surface area contributed by atoms with E-state index in [4.69, 9.17) is 9.47 Å². The Morgan fingerprint density at radius 3 is 2.58 bits per heavy atom. The van der Waals surface area contributed by atoms with Gasteiger partial charge >= 0.3 is 6.09 Å². The molecule has 6 heteroatoms. The quantitative estimate of drug-likeness (QED) is 0.773. The molecule has 1 N–H and O–H groups in total. The van der Waals surface area contributed by atoms with E-state index in [1.165, 1.54) is 12.8 Å². The number of hydrogen-bond donors (Lipinski definition) is 1. The lowest BCUT2D eigenvalue weighted by Gasteiger charge is -2.34. The highest BCUT2D eigenvalue weighted by Gasteiger charge is 2.27. The summed E-state index contributed by atoms with van der Waals surface area (Å²) in [6.07, 6.45) is 5.20. The number of carbonyl (C=O) groups excluding carboxylic acids is 2. The van der Waals surface area contributed by atoms with Gasteiger partial charge in [-0.15, -0.1) is 0 Å². The largest absolute Gasteiger partial charge is 0.444 e. The highest BCUT2D eigenvalue weighted by molar-refractivity contribution is 5.77. The molecule has 0 aromatic rings. The minimum Gasteiger partial charge on any atom is -0.444 e. The summed E-state index contributed by atoms with van der Waals surface area (Å²) in [6, 6.07) is 0. The molecule has 6 nitrogen and oxygen atoms in total. The van der Waals surface area contributed by atoms with E-state index in [1.807, 2.05) is 20.8 Å². The summed E-state index contributed by atoms with van der Waals surface area (Å²) in [5.41, 5.74) is -0.460. The zero-order valence-electron chi connectivity index (χ0n) is 15.3. The van der Waals surface area contributed by atoms with Crippen molar-refractivity contribution in [3.8, 4) is 0 Å². The fraction of sp³-hybridized carbons (Fsp3) is 0.889. The SMILES string of the molecule is CC(C)(C)OC(=O)N1CCC[C@@H](CCNC(=O)COCC2CC2)C1. The molecule has 1 heterocycles. The van der Waals surface area contributed by atoms with Crippen LogP contribution in [0.25, 0.3) is 0 Å². The number of ether oxygens (including phenoxy) is 2. The Morgan fingerprint density at radius 1 is 1.17 bits per heavy atom. The van der Waals surface area contributed by atoms with Crippen LogP contribution >= 0.6 is 0 Å². The van der Waals surface area contributed by atoms with E-state index in [0.29, 0.717) is 31.5 Å². The van der Waals surface area contributed by atoms with Gasteiger partial charge in [0.2, 0.25) is 5.91 Å². The Morgan fingerprint density at radius 2 is 1.92 bits per heavy atom. The van der Waals surface area contributed by atoms with Gasteiger partial charge < -0.3 is 19.7 Å². The fourth-order valence-electron chi connectivity index (χ4n) is 2.86. The Labute approximate surface area is 145 Å². The first-order valence-electron chi connectivity index (χ1n) is 9.16. The molecule has 0 bridgehead atoms. The van der Waals surface area contributed by atoms with E-state index in [2.05, 4.69) is 5.32 Å². The summed E-state index contributed by atoms with van der Waals surface area (Å²) >= 11 is 0. The number of hydrogen-bond acceptors (Lipinski definition) is 4. The Bertz CT molecular complexity index is 429. The second kappa shape index (κ2) is 8.70. The lowest BCUT2D eigenvalue weighted by atomic mass is 9.95. The summed E-state index contributed by atoms with van der Waals surface area (Å²) < 4.78 is 10.8. The van der Waals surface area contributed by atoms with Crippen molar-refractivity contribution in [2.45, 2.75) is 58.5 Å². The van der Waals surface area contributed by atoms with Crippen LogP contribution in [-0.4, -0.2) is 55.3 Å². The molecule has 1 aliphatic carbocycles. The van der Waals surface area contributed by atoms with Crippen LogP contribution in [0.4, 0.5) is 4.79 Å². The number of carbonyl (C=O) groups is 2. The Kier molecular flexibility index (Phi) is 6.90. The molecule has 0 unspecified atom stereocenters. The molecule has 1 aliphatic heterocycles. The average Bonchev–Trinajstić information content (AvgIpc) is 3.30. The molecular weight excluding hydrogens is 308 g/mol. The molecular formula is C18H32N2O4. The molecule has 1 atom stereocenters. The van der Waals surface area contributed by atoms with Crippen LogP contribution in [0.15, 0.2) is 0 Å². The predicted octanol–water partition coefficient (Wildman–Crippen LogP) is 2.57. The molecule has 24 heavy (non-hydrogen) atoms. The lowest BCUT2D eigenvalue weighted by molar-refractivity contribution is -0.125. The number of amides is 2. The minimum absolute atomic E-state index is 0.0459. The summed E-state index contributed by atoms with van der Waals surface area (Å²) in [4.78, 5) is 25.6. The Hall–Kier alpha value is -1.30. The molecule has 2 rings (SSSR count). The van der Waals surface area contributed by atoms with E-state index >= 15 is 0 Å². The number of nitrogens with zero attached hydrogens (tertiary/aromatic N) is 1. The van der Waals surface area contributed by atoms with Crippen molar-refractivity contribution in [1.82, 2.24) is 10.2 Å². The zero-order chi connectivity index (χ0) is 17.6. The normalized spacial score (nSPS) is 21.5. The van der Waals surface area contributed by atoms with Gasteiger partial charge in [0.1, 0.15) is 12.2 Å². The smallest absolute Gasteiger partial charge is 0.410 e. The lowest BCUT2D eigenvalue weighted by Crippen LogP contribution is -2.43. The van der Waals surface area contributed by atoms with Crippen LogP contribution in [-0.2, 0) is 14.3 Å². The van der Waals surface area contributed by atoms with E-state index in [9.17, 15) is 9.59 Å². The van der Waals surface area contributed by atoms with Crippen molar-refractivity contribution in [3.63, 3.8) is 0 Å². The first-order chi connectivity index (χ1) is 11.3. The van der Waals surface area contributed by atoms with Gasteiger partial charge in [0.25, 0.3) is 0 Å². The molecule has 1 saturated heterocycles. The highest BCUT2D eigenvalue weighted by Crippen LogP contribution is 2.28. The van der Waals surface area contributed by atoms with Crippen LogP contribution in [0.5, 0.6) is 0 Å². The van der Waals surface area contributed by atoms with Gasteiger partial charge in [0.05, 0.1) is 6.61 Å². The van der Waals surface area contributed by atoms with Gasteiger partial charge in [-0.3, -0.25) is 4.79 Å². The standard InChI is InChI=1S/C18H32N2O4/c1-18(2,3)24-17(22)20-10-4-5-14(11-20)8-9-19-16(21)13-23-12-15-6-7-15/h14-15H,4-13H2,1-3H3,(H,19,21)/t14-/m0/s1. The molecule has 2 aliphatic rings. The van der Waals surface area contributed by atoms with Crippen LogP contribution in [0.2, 0.25) is 0 Å². The first kappa shape index (κ1) is 19.0. The predicted molar refractivity (Wildman–Crippen MR) is 91.7 cm³/mol. The van der Waals surface area contributed by atoms with Crippen molar-refractivity contribution < 1.29 is 19.1 Å². The molecule has 0 aromatic heterocycles. The van der Waals surface area contributed by atoms with Gasteiger partial charge in [0, 0.05) is 19.6 Å². The van der Waals surface area contributed by atoms with Crippen molar-refractivity contribution in [2.24, 2.45) is 11.8 Å². The van der Waals surface area contributed by atoms with Gasteiger partial charge in [-0.25, -0.2) is 4.79 Å². The second-order valence-electron chi connectivity index (χ2n) is 8.03. The molecule has 2 fully saturated rings. The average molecular weight is 340 g/mol. The molecule has 138 valence electrons. The third-order valence-corrected chi connectivity index (χ3v) is 4.33. The first-order valence-corrected chi connectivity index (χ1v) is 9.16. The third kappa shape index (κ3) is 7.51. The summed E-state index contributed by atoms with van der Waals surface area (Å²) in [6.45, 7) is 8.62. The van der Waals surface area contributed by atoms with E-state index in [0.717, 1.165) is 25.8 Å². The topological polar surface area (TPSA) is 67.9 Å². The minimum atomic E-state index is -0.460. The van der Waals surface area contributed by atoms with Crippen LogP contribution < -0.4 is 5.32 Å². The van der Waals surface area contributed by atoms with Gasteiger partial charge in [0.15, 0.2) is 0 Å². The van der Waals surface area contributed by atoms with Crippen molar-refractivity contribution in [3.05, 3.63) is 0 Å². The number of nitrogens with one attached hydrogen (secondary N) is 1. The van der Waals surface area contributed by atoms with Crippen molar-refractivity contribution in [1.29, 1.82) is 0 Å². The van der Waals surface area contributed by atoms with Crippen molar-refractivity contribution in [2.75, 3.05) is 32.8 Å². The molecule has 0 aromatic carbocycles. The van der Waals surface area contributed by atoms with Crippen LogP contribution in [0.3, 0.4) is 0 Å². The van der Waals surface area contributed by atoms with Gasteiger partial charge in [-0.05, 0) is 64.7 Å². The maximum absolute atomic E-state index is 12.1. The monoisotopic (exact) mass is 340 g/mol. The molecule has 1 saturated carbocycles. The van der Waals surface area contributed by atoms with Crippen molar-refractivity contribution >= 4 is 12.0 Å². The van der Waals surface area contributed by atoms with E-state index < -0.39 is 5.60 Å². The zero-order valence-corrected chi connectivity index (χ0v) is 15.3. The summed E-state index contributed by atoms with van der Waals surface area (Å²) in [5, 5.41) is 2.91. The fourth-order valence-corrected chi connectivity index (χ4v) is 2.86. The highest BCUT2D eigenvalue weighted by atomic mass is 16.6. The number of piperidine rings is 1. The summed E-state index contributed by atoms with van der Waals surface area (Å²) in [5.74, 6) is 1.05. The number of rotatable bonds is 7. The third-order valence-electron chi connectivity index (χ3n) is 4.33. The number of likely N-dealkylation sites (tertiary alicyclic amines) is 1. The maximum atomic E-state index is 12.1. The molecule has 2 amide bonds.